The molecule has 1 unspecified atom stereocenters. The minimum Gasteiger partial charge on any atom is -0.480 e. The third-order valence-corrected chi connectivity index (χ3v) is 2.60. The number of aliphatic carboxylic acids is 1. The van der Waals surface area contributed by atoms with Gasteiger partial charge in [0.1, 0.15) is 6.04 Å². The number of carbonyl (C=O) groups is 2. The van der Waals surface area contributed by atoms with Crippen molar-refractivity contribution in [3.63, 3.8) is 0 Å². The van der Waals surface area contributed by atoms with Gasteiger partial charge in [0.25, 0.3) is 0 Å². The fourth-order valence-electron chi connectivity index (χ4n) is 1.69. The van der Waals surface area contributed by atoms with E-state index in [9.17, 15) is 9.59 Å². The third-order valence-electron chi connectivity index (χ3n) is 2.60. The first-order chi connectivity index (χ1) is 7.90. The van der Waals surface area contributed by atoms with E-state index in [1.54, 1.807) is 0 Å². The van der Waals surface area contributed by atoms with E-state index in [4.69, 9.17) is 5.11 Å². The predicted octanol–water partition coefficient (Wildman–Crippen LogP) is 1.44. The fourth-order valence-corrected chi connectivity index (χ4v) is 1.69. The molecule has 0 aliphatic rings. The summed E-state index contributed by atoms with van der Waals surface area (Å²) in [5, 5.41) is 11.5. The highest BCUT2D eigenvalue weighted by Crippen LogP contribution is 2.13. The molecule has 1 atom stereocenters. The smallest absolute Gasteiger partial charge is 0.326 e. The van der Waals surface area contributed by atoms with Crippen molar-refractivity contribution in [2.75, 3.05) is 0 Å². The van der Waals surface area contributed by atoms with Gasteiger partial charge in [0, 0.05) is 13.3 Å². The number of hydrogen-bond donors (Lipinski definition) is 2. The molecule has 17 heavy (non-hydrogen) atoms. The lowest BCUT2D eigenvalue weighted by atomic mass is 9.99. The highest BCUT2D eigenvalue weighted by Gasteiger charge is 2.19. The minimum atomic E-state index is -1.01. The molecule has 1 aromatic rings. The summed E-state index contributed by atoms with van der Waals surface area (Å²) in [6.45, 7) is 5.21. The van der Waals surface area contributed by atoms with Gasteiger partial charge < -0.3 is 10.4 Å². The van der Waals surface area contributed by atoms with Crippen LogP contribution in [0.2, 0.25) is 0 Å². The average molecular weight is 235 g/mol. The average Bonchev–Trinajstić information content (AvgIpc) is 2.21. The number of carbonyl (C=O) groups excluding carboxylic acids is 1. The zero-order valence-electron chi connectivity index (χ0n) is 10.3. The first-order valence-corrected chi connectivity index (χ1v) is 5.46. The summed E-state index contributed by atoms with van der Waals surface area (Å²) in [4.78, 5) is 21.9. The van der Waals surface area contributed by atoms with Gasteiger partial charge in [-0.15, -0.1) is 0 Å². The van der Waals surface area contributed by atoms with Crippen molar-refractivity contribution in [3.05, 3.63) is 34.9 Å². The van der Waals surface area contributed by atoms with E-state index >= 15 is 0 Å². The topological polar surface area (TPSA) is 66.4 Å². The summed E-state index contributed by atoms with van der Waals surface area (Å²) >= 11 is 0. The van der Waals surface area contributed by atoms with Gasteiger partial charge in [-0.05, 0) is 25.0 Å². The molecule has 92 valence electrons. The molecule has 0 aromatic heterocycles. The molecule has 1 amide bonds. The molecular weight excluding hydrogens is 218 g/mol. The quantitative estimate of drug-likeness (QED) is 0.829. The SMILES string of the molecule is CC(=O)NC(Cc1cc(C)ccc1C)C(=O)O. The number of amides is 1. The van der Waals surface area contributed by atoms with Crippen LogP contribution in [0.25, 0.3) is 0 Å². The Balaban J connectivity index is 2.89. The Labute approximate surface area is 101 Å². The van der Waals surface area contributed by atoms with Gasteiger partial charge in [-0.2, -0.15) is 0 Å². The van der Waals surface area contributed by atoms with Crippen LogP contribution >= 0.6 is 0 Å². The number of carboxylic acids is 1. The lowest BCUT2D eigenvalue weighted by Gasteiger charge is -2.15. The molecule has 2 N–H and O–H groups in total. The van der Waals surface area contributed by atoms with E-state index in [1.807, 2.05) is 32.0 Å². The van der Waals surface area contributed by atoms with Gasteiger partial charge >= 0.3 is 5.97 Å². The summed E-state index contributed by atoms with van der Waals surface area (Å²) in [6.07, 6.45) is 0.308. The van der Waals surface area contributed by atoms with Crippen molar-refractivity contribution in [2.24, 2.45) is 0 Å². The predicted molar refractivity (Wildman–Crippen MR) is 64.9 cm³/mol. The monoisotopic (exact) mass is 235 g/mol. The zero-order chi connectivity index (χ0) is 13.0. The Kier molecular flexibility index (Phi) is 4.26. The van der Waals surface area contributed by atoms with Crippen LogP contribution < -0.4 is 5.32 Å². The van der Waals surface area contributed by atoms with Crippen LogP contribution in [0.4, 0.5) is 0 Å². The zero-order valence-corrected chi connectivity index (χ0v) is 10.3. The largest absolute Gasteiger partial charge is 0.480 e. The molecular formula is C13H17NO3. The summed E-state index contributed by atoms with van der Waals surface area (Å²) in [6, 6.07) is 5.02. The Morgan fingerprint density at radius 1 is 1.35 bits per heavy atom. The van der Waals surface area contributed by atoms with Crippen LogP contribution in [-0.2, 0) is 16.0 Å². The number of rotatable bonds is 4. The van der Waals surface area contributed by atoms with Crippen LogP contribution in [0.3, 0.4) is 0 Å². The molecule has 4 nitrogen and oxygen atoms in total. The number of benzene rings is 1. The van der Waals surface area contributed by atoms with Gasteiger partial charge in [-0.1, -0.05) is 23.8 Å². The molecule has 0 saturated heterocycles. The molecule has 1 rings (SSSR count). The van der Waals surface area contributed by atoms with Crippen LogP contribution in [0, 0.1) is 13.8 Å². The van der Waals surface area contributed by atoms with Crippen molar-refractivity contribution in [2.45, 2.75) is 33.2 Å². The molecule has 0 spiro atoms. The van der Waals surface area contributed by atoms with Crippen molar-refractivity contribution in [1.29, 1.82) is 0 Å². The van der Waals surface area contributed by atoms with E-state index < -0.39 is 12.0 Å². The van der Waals surface area contributed by atoms with Crippen molar-refractivity contribution in [1.82, 2.24) is 5.32 Å². The second-order valence-electron chi connectivity index (χ2n) is 4.23. The molecule has 4 heteroatoms. The van der Waals surface area contributed by atoms with Gasteiger partial charge in [0.2, 0.25) is 5.91 Å². The maximum absolute atomic E-state index is 11.0. The maximum Gasteiger partial charge on any atom is 0.326 e. The second-order valence-corrected chi connectivity index (χ2v) is 4.23. The Morgan fingerprint density at radius 2 is 2.00 bits per heavy atom. The molecule has 0 fully saturated rings. The Hall–Kier alpha value is -1.84. The van der Waals surface area contributed by atoms with Crippen molar-refractivity contribution in [3.8, 4) is 0 Å². The third kappa shape index (κ3) is 3.90. The van der Waals surface area contributed by atoms with Crippen LogP contribution in [0.15, 0.2) is 18.2 Å². The van der Waals surface area contributed by atoms with E-state index in [0.717, 1.165) is 16.7 Å². The Morgan fingerprint density at radius 3 is 2.53 bits per heavy atom. The second kappa shape index (κ2) is 5.48. The highest BCUT2D eigenvalue weighted by molar-refractivity contribution is 5.82. The first-order valence-electron chi connectivity index (χ1n) is 5.46. The van der Waals surface area contributed by atoms with Crippen LogP contribution in [0.5, 0.6) is 0 Å². The van der Waals surface area contributed by atoms with Crippen molar-refractivity contribution < 1.29 is 14.7 Å². The molecule has 0 aliphatic carbocycles. The molecule has 0 heterocycles. The lowest BCUT2D eigenvalue weighted by molar-refractivity contribution is -0.141. The summed E-state index contributed by atoms with van der Waals surface area (Å²) in [5.41, 5.74) is 3.07. The van der Waals surface area contributed by atoms with Crippen LogP contribution in [-0.4, -0.2) is 23.0 Å². The molecule has 1 aromatic carbocycles. The maximum atomic E-state index is 11.0. The van der Waals surface area contributed by atoms with E-state index in [0.29, 0.717) is 6.42 Å². The van der Waals surface area contributed by atoms with E-state index in [2.05, 4.69) is 5.32 Å². The number of aryl methyl sites for hydroxylation is 2. The summed E-state index contributed by atoms with van der Waals surface area (Å²) in [7, 11) is 0. The van der Waals surface area contributed by atoms with E-state index in [1.165, 1.54) is 6.92 Å². The lowest BCUT2D eigenvalue weighted by Crippen LogP contribution is -2.41. The van der Waals surface area contributed by atoms with Gasteiger partial charge in [-0.25, -0.2) is 4.79 Å². The molecule has 0 bridgehead atoms. The van der Waals surface area contributed by atoms with Crippen molar-refractivity contribution >= 4 is 11.9 Å². The highest BCUT2D eigenvalue weighted by atomic mass is 16.4. The standard InChI is InChI=1S/C13H17NO3/c1-8-4-5-9(2)11(6-8)7-12(13(16)17)14-10(3)15/h4-6,12H,7H2,1-3H3,(H,14,15)(H,16,17). The number of nitrogens with one attached hydrogen (secondary N) is 1. The normalized spacial score (nSPS) is 11.9. The molecule has 0 radical (unpaired) electrons. The first kappa shape index (κ1) is 13.2. The summed E-state index contributed by atoms with van der Waals surface area (Å²) in [5.74, 6) is -1.34. The summed E-state index contributed by atoms with van der Waals surface area (Å²) < 4.78 is 0. The Bertz CT molecular complexity index is 440. The van der Waals surface area contributed by atoms with E-state index in [-0.39, 0.29) is 5.91 Å². The molecule has 0 saturated carbocycles. The van der Waals surface area contributed by atoms with Gasteiger partial charge in [0.05, 0.1) is 0 Å². The van der Waals surface area contributed by atoms with Gasteiger partial charge in [-0.3, -0.25) is 4.79 Å². The minimum absolute atomic E-state index is 0.308. The number of hydrogen-bond acceptors (Lipinski definition) is 2. The van der Waals surface area contributed by atoms with Crippen LogP contribution in [0.1, 0.15) is 23.6 Å². The number of carboxylic acid groups (broad SMARTS) is 1. The molecule has 0 aliphatic heterocycles. The van der Waals surface area contributed by atoms with Gasteiger partial charge in [0.15, 0.2) is 0 Å². The fraction of sp³-hybridized carbons (Fsp3) is 0.385.